The SMILES string of the molecule is OCC1CCCCN1c1nccnc1Cl. The minimum Gasteiger partial charge on any atom is -0.394 e. The standard InChI is InChI=1S/C10H14ClN3O/c11-9-10(13-5-4-12-9)14-6-2-1-3-8(14)7-15/h4-5,8,15H,1-3,6-7H2. The minimum absolute atomic E-state index is 0.132. The van der Waals surface area contributed by atoms with Crippen LogP contribution < -0.4 is 4.90 Å². The third kappa shape index (κ3) is 2.21. The van der Waals surface area contributed by atoms with Crippen molar-refractivity contribution in [2.45, 2.75) is 25.3 Å². The molecule has 2 heterocycles. The van der Waals surface area contributed by atoms with E-state index in [1.165, 1.54) is 0 Å². The van der Waals surface area contributed by atoms with Crippen molar-refractivity contribution in [2.75, 3.05) is 18.1 Å². The van der Waals surface area contributed by atoms with Crippen molar-refractivity contribution in [2.24, 2.45) is 0 Å². The third-order valence-electron chi connectivity index (χ3n) is 2.75. The first-order valence-electron chi connectivity index (χ1n) is 5.17. The lowest BCUT2D eigenvalue weighted by Gasteiger charge is -2.35. The lowest BCUT2D eigenvalue weighted by Crippen LogP contribution is -2.42. The lowest BCUT2D eigenvalue weighted by molar-refractivity contribution is 0.239. The van der Waals surface area contributed by atoms with Gasteiger partial charge in [0.05, 0.1) is 12.6 Å². The first kappa shape index (κ1) is 10.6. The van der Waals surface area contributed by atoms with Crippen LogP contribution in [0.1, 0.15) is 19.3 Å². The average molecular weight is 228 g/mol. The van der Waals surface area contributed by atoms with Crippen LogP contribution in [0.4, 0.5) is 5.82 Å². The van der Waals surface area contributed by atoms with Gasteiger partial charge < -0.3 is 10.0 Å². The van der Waals surface area contributed by atoms with Crippen molar-refractivity contribution >= 4 is 17.4 Å². The minimum atomic E-state index is 0.132. The van der Waals surface area contributed by atoms with Gasteiger partial charge in [-0.05, 0) is 19.3 Å². The van der Waals surface area contributed by atoms with Gasteiger partial charge in [-0.25, -0.2) is 9.97 Å². The molecule has 15 heavy (non-hydrogen) atoms. The molecule has 1 unspecified atom stereocenters. The Morgan fingerprint density at radius 2 is 2.20 bits per heavy atom. The van der Waals surface area contributed by atoms with Crippen LogP contribution in [0.25, 0.3) is 0 Å². The molecule has 1 aromatic heterocycles. The van der Waals surface area contributed by atoms with Crippen LogP contribution in [0.2, 0.25) is 5.15 Å². The molecule has 4 nitrogen and oxygen atoms in total. The second kappa shape index (κ2) is 4.77. The molecule has 0 bridgehead atoms. The maximum absolute atomic E-state index is 9.28. The van der Waals surface area contributed by atoms with Gasteiger partial charge in [-0.15, -0.1) is 0 Å². The number of anilines is 1. The quantitative estimate of drug-likeness (QED) is 0.832. The van der Waals surface area contributed by atoms with E-state index >= 15 is 0 Å². The van der Waals surface area contributed by atoms with Gasteiger partial charge in [0.1, 0.15) is 0 Å². The molecule has 2 rings (SSSR count). The molecule has 1 N–H and O–H groups in total. The van der Waals surface area contributed by atoms with E-state index in [1.54, 1.807) is 12.4 Å². The Bertz CT molecular complexity index is 334. The van der Waals surface area contributed by atoms with E-state index in [2.05, 4.69) is 14.9 Å². The van der Waals surface area contributed by atoms with Crippen LogP contribution in [0, 0.1) is 0 Å². The van der Waals surface area contributed by atoms with Crippen LogP contribution >= 0.6 is 11.6 Å². The largest absolute Gasteiger partial charge is 0.394 e. The lowest BCUT2D eigenvalue weighted by atomic mass is 10.0. The van der Waals surface area contributed by atoms with Crippen molar-refractivity contribution in [3.8, 4) is 0 Å². The van der Waals surface area contributed by atoms with E-state index in [4.69, 9.17) is 11.6 Å². The zero-order valence-corrected chi connectivity index (χ0v) is 9.19. The third-order valence-corrected chi connectivity index (χ3v) is 3.01. The molecule has 0 aromatic carbocycles. The normalized spacial score (nSPS) is 21.7. The first-order chi connectivity index (χ1) is 7.33. The molecule has 1 aromatic rings. The van der Waals surface area contributed by atoms with Crippen molar-refractivity contribution in [3.05, 3.63) is 17.5 Å². The second-order valence-electron chi connectivity index (χ2n) is 3.70. The molecular formula is C10H14ClN3O. The number of rotatable bonds is 2. The summed E-state index contributed by atoms with van der Waals surface area (Å²) in [4.78, 5) is 10.3. The molecule has 1 aliphatic rings. The van der Waals surface area contributed by atoms with E-state index in [1.807, 2.05) is 0 Å². The zero-order chi connectivity index (χ0) is 10.7. The Balaban J connectivity index is 2.24. The first-order valence-corrected chi connectivity index (χ1v) is 5.54. The maximum atomic E-state index is 9.28. The van der Waals surface area contributed by atoms with Gasteiger partial charge in [-0.2, -0.15) is 0 Å². The molecule has 0 aliphatic carbocycles. The van der Waals surface area contributed by atoms with Gasteiger partial charge in [0, 0.05) is 18.9 Å². The monoisotopic (exact) mass is 227 g/mol. The average Bonchev–Trinajstić information content (AvgIpc) is 2.30. The molecule has 1 saturated heterocycles. The Morgan fingerprint density at radius 3 is 2.93 bits per heavy atom. The van der Waals surface area contributed by atoms with Gasteiger partial charge in [-0.1, -0.05) is 11.6 Å². The summed E-state index contributed by atoms with van der Waals surface area (Å²) in [5, 5.41) is 9.70. The summed E-state index contributed by atoms with van der Waals surface area (Å²) < 4.78 is 0. The van der Waals surface area contributed by atoms with E-state index in [0.29, 0.717) is 11.0 Å². The van der Waals surface area contributed by atoms with Gasteiger partial charge in [0.15, 0.2) is 11.0 Å². The smallest absolute Gasteiger partial charge is 0.171 e. The summed E-state index contributed by atoms with van der Waals surface area (Å²) in [7, 11) is 0. The summed E-state index contributed by atoms with van der Waals surface area (Å²) in [5.41, 5.74) is 0. The van der Waals surface area contributed by atoms with Crippen LogP contribution in [0.3, 0.4) is 0 Å². The van der Waals surface area contributed by atoms with Gasteiger partial charge in [0.2, 0.25) is 0 Å². The van der Waals surface area contributed by atoms with Crippen molar-refractivity contribution < 1.29 is 5.11 Å². The number of aliphatic hydroxyl groups is 1. The molecule has 82 valence electrons. The number of nitrogens with zero attached hydrogens (tertiary/aromatic N) is 3. The molecule has 5 heteroatoms. The zero-order valence-electron chi connectivity index (χ0n) is 8.43. The molecule has 1 fully saturated rings. The molecule has 0 radical (unpaired) electrons. The number of hydrogen-bond acceptors (Lipinski definition) is 4. The summed E-state index contributed by atoms with van der Waals surface area (Å²) in [5.74, 6) is 0.693. The number of aromatic nitrogens is 2. The highest BCUT2D eigenvalue weighted by atomic mass is 35.5. The highest BCUT2D eigenvalue weighted by molar-refractivity contribution is 6.31. The topological polar surface area (TPSA) is 49.2 Å². The Hall–Kier alpha value is -0.870. The molecule has 1 atom stereocenters. The van der Waals surface area contributed by atoms with Gasteiger partial charge in [0.25, 0.3) is 0 Å². The van der Waals surface area contributed by atoms with Gasteiger partial charge in [-0.3, -0.25) is 0 Å². The molecular weight excluding hydrogens is 214 g/mol. The fourth-order valence-electron chi connectivity index (χ4n) is 1.98. The van der Waals surface area contributed by atoms with Crippen molar-refractivity contribution in [1.29, 1.82) is 0 Å². The predicted octanol–water partition coefficient (Wildman–Crippen LogP) is 1.48. The van der Waals surface area contributed by atoms with Gasteiger partial charge >= 0.3 is 0 Å². The fraction of sp³-hybridized carbons (Fsp3) is 0.600. The number of piperidine rings is 1. The molecule has 0 spiro atoms. The fourth-order valence-corrected chi connectivity index (χ4v) is 2.19. The molecule has 0 saturated carbocycles. The van der Waals surface area contributed by atoms with E-state index in [0.717, 1.165) is 25.8 Å². The highest BCUT2D eigenvalue weighted by Crippen LogP contribution is 2.27. The van der Waals surface area contributed by atoms with Crippen LogP contribution in [-0.4, -0.2) is 34.3 Å². The van der Waals surface area contributed by atoms with Crippen LogP contribution in [0.5, 0.6) is 0 Å². The second-order valence-corrected chi connectivity index (χ2v) is 4.05. The van der Waals surface area contributed by atoms with Crippen molar-refractivity contribution in [1.82, 2.24) is 9.97 Å². The number of hydrogen-bond donors (Lipinski definition) is 1. The van der Waals surface area contributed by atoms with Crippen LogP contribution in [-0.2, 0) is 0 Å². The summed E-state index contributed by atoms with van der Waals surface area (Å²) >= 11 is 5.98. The van der Waals surface area contributed by atoms with E-state index < -0.39 is 0 Å². The summed E-state index contributed by atoms with van der Waals surface area (Å²) in [6.07, 6.45) is 6.46. The van der Waals surface area contributed by atoms with E-state index in [9.17, 15) is 5.11 Å². The Kier molecular flexibility index (Phi) is 3.38. The Labute approximate surface area is 93.9 Å². The Morgan fingerprint density at radius 1 is 1.40 bits per heavy atom. The predicted molar refractivity (Wildman–Crippen MR) is 59.1 cm³/mol. The van der Waals surface area contributed by atoms with E-state index in [-0.39, 0.29) is 12.6 Å². The summed E-state index contributed by atoms with van der Waals surface area (Å²) in [6, 6.07) is 0.132. The summed E-state index contributed by atoms with van der Waals surface area (Å²) in [6.45, 7) is 1.04. The van der Waals surface area contributed by atoms with Crippen molar-refractivity contribution in [3.63, 3.8) is 0 Å². The van der Waals surface area contributed by atoms with Crippen LogP contribution in [0.15, 0.2) is 12.4 Å². The number of halogens is 1. The molecule has 0 amide bonds. The highest BCUT2D eigenvalue weighted by Gasteiger charge is 2.24. The maximum Gasteiger partial charge on any atom is 0.171 e. The number of aliphatic hydroxyl groups excluding tert-OH is 1. The molecule has 1 aliphatic heterocycles.